The Kier molecular flexibility index (Phi) is 4.29. The van der Waals surface area contributed by atoms with Crippen LogP contribution in [0.2, 0.25) is 0 Å². The maximum Gasteiger partial charge on any atom is 0.341 e. The van der Waals surface area contributed by atoms with Gasteiger partial charge in [-0.25, -0.2) is 14.3 Å². The molecule has 6 nitrogen and oxygen atoms in total. The van der Waals surface area contributed by atoms with E-state index in [0.29, 0.717) is 18.7 Å². The van der Waals surface area contributed by atoms with Gasteiger partial charge in [-0.3, -0.25) is 0 Å². The first-order valence-electron chi connectivity index (χ1n) is 7.39. The molecule has 0 unspecified atom stereocenters. The summed E-state index contributed by atoms with van der Waals surface area (Å²) in [6, 6.07) is 3.83. The zero-order valence-electron chi connectivity index (χ0n) is 13.3. The number of esters is 1. The molecule has 0 radical (unpaired) electrons. The number of rotatable bonds is 5. The predicted octanol–water partition coefficient (Wildman–Crippen LogP) is 3.20. The number of pyridine rings is 1. The van der Waals surface area contributed by atoms with Crippen LogP contribution in [0.3, 0.4) is 0 Å². The number of carbonyl (C=O) groups excluding carboxylic acids is 1. The van der Waals surface area contributed by atoms with Crippen LogP contribution in [-0.4, -0.2) is 27.2 Å². The summed E-state index contributed by atoms with van der Waals surface area (Å²) in [6.07, 6.45) is 3.36. The van der Waals surface area contributed by atoms with Crippen LogP contribution in [0.4, 0.5) is 5.69 Å². The molecule has 0 aliphatic rings. The van der Waals surface area contributed by atoms with E-state index in [1.54, 1.807) is 22.8 Å². The molecule has 3 aromatic heterocycles. The van der Waals surface area contributed by atoms with Crippen molar-refractivity contribution in [3.05, 3.63) is 45.7 Å². The summed E-state index contributed by atoms with van der Waals surface area (Å²) in [5.41, 5.74) is 3.18. The first-order chi connectivity index (χ1) is 11.1. The molecule has 0 atom stereocenters. The molecule has 0 aromatic carbocycles. The van der Waals surface area contributed by atoms with E-state index < -0.39 is 0 Å². The lowest BCUT2D eigenvalue weighted by Crippen LogP contribution is -2.04. The van der Waals surface area contributed by atoms with E-state index in [4.69, 9.17) is 4.74 Å². The Hall–Kier alpha value is -2.41. The van der Waals surface area contributed by atoms with Crippen molar-refractivity contribution in [2.24, 2.45) is 0 Å². The van der Waals surface area contributed by atoms with E-state index in [1.165, 1.54) is 11.1 Å². The van der Waals surface area contributed by atoms with Crippen molar-refractivity contribution >= 4 is 28.5 Å². The third-order valence-electron chi connectivity index (χ3n) is 3.47. The molecule has 0 aliphatic carbocycles. The SMILES string of the molecule is CCOC(=O)c1cnn2ccc(NCc3sc(C)nc3C)cc12. The second kappa shape index (κ2) is 6.37. The highest BCUT2D eigenvalue weighted by molar-refractivity contribution is 7.11. The number of carbonyl (C=O) groups is 1. The smallest absolute Gasteiger partial charge is 0.341 e. The summed E-state index contributed by atoms with van der Waals surface area (Å²) in [5.74, 6) is -0.353. The van der Waals surface area contributed by atoms with Gasteiger partial charge in [0.05, 0.1) is 35.6 Å². The first kappa shape index (κ1) is 15.5. The highest BCUT2D eigenvalue weighted by Crippen LogP contribution is 2.21. The van der Waals surface area contributed by atoms with Gasteiger partial charge in [0, 0.05) is 16.8 Å². The molecule has 0 saturated carbocycles. The summed E-state index contributed by atoms with van der Waals surface area (Å²) >= 11 is 1.69. The van der Waals surface area contributed by atoms with E-state index in [-0.39, 0.29) is 5.97 Å². The Morgan fingerprint density at radius 2 is 2.26 bits per heavy atom. The normalized spacial score (nSPS) is 10.9. The number of nitrogens with zero attached hydrogens (tertiary/aromatic N) is 3. The molecule has 3 heterocycles. The lowest BCUT2D eigenvalue weighted by Gasteiger charge is -2.06. The standard InChI is InChI=1S/C16H18N4O2S/c1-4-22-16(21)13-8-18-20-6-5-12(7-14(13)20)17-9-15-10(2)19-11(3)23-15/h5-8,17H,4,9H2,1-3H3. The molecule has 3 rings (SSSR count). The van der Waals surface area contributed by atoms with Gasteiger partial charge < -0.3 is 10.1 Å². The molecule has 0 saturated heterocycles. The van der Waals surface area contributed by atoms with Crippen LogP contribution in [0.25, 0.3) is 5.52 Å². The first-order valence-corrected chi connectivity index (χ1v) is 8.21. The Morgan fingerprint density at radius 1 is 1.43 bits per heavy atom. The number of hydrogen-bond donors (Lipinski definition) is 1. The molecule has 0 aliphatic heterocycles. The molecule has 0 fully saturated rings. The molecular weight excluding hydrogens is 312 g/mol. The largest absolute Gasteiger partial charge is 0.462 e. The molecule has 3 aromatic rings. The number of nitrogens with one attached hydrogen (secondary N) is 1. The van der Waals surface area contributed by atoms with Crippen molar-refractivity contribution in [2.45, 2.75) is 27.3 Å². The third kappa shape index (κ3) is 3.19. The summed E-state index contributed by atoms with van der Waals surface area (Å²) in [5, 5.41) is 8.62. The summed E-state index contributed by atoms with van der Waals surface area (Å²) < 4.78 is 6.73. The summed E-state index contributed by atoms with van der Waals surface area (Å²) in [6.45, 7) is 6.86. The Bertz CT molecular complexity index is 853. The van der Waals surface area contributed by atoms with Crippen LogP contribution in [-0.2, 0) is 11.3 Å². The molecule has 0 spiro atoms. The molecule has 0 bridgehead atoms. The molecule has 120 valence electrons. The minimum atomic E-state index is -0.353. The lowest BCUT2D eigenvalue weighted by atomic mass is 10.2. The maximum absolute atomic E-state index is 12.0. The van der Waals surface area contributed by atoms with Gasteiger partial charge in [0.2, 0.25) is 0 Å². The van der Waals surface area contributed by atoms with Gasteiger partial charge in [-0.05, 0) is 32.9 Å². The predicted molar refractivity (Wildman–Crippen MR) is 90.1 cm³/mol. The van der Waals surface area contributed by atoms with Crippen molar-refractivity contribution in [3.8, 4) is 0 Å². The van der Waals surface area contributed by atoms with Gasteiger partial charge in [-0.15, -0.1) is 11.3 Å². The van der Waals surface area contributed by atoms with Crippen molar-refractivity contribution in [3.63, 3.8) is 0 Å². The topological polar surface area (TPSA) is 68.5 Å². The van der Waals surface area contributed by atoms with Gasteiger partial charge in [0.25, 0.3) is 0 Å². The average molecular weight is 330 g/mol. The van der Waals surface area contributed by atoms with Crippen LogP contribution in [0.5, 0.6) is 0 Å². The van der Waals surface area contributed by atoms with Gasteiger partial charge in [0.1, 0.15) is 5.56 Å². The minimum Gasteiger partial charge on any atom is -0.462 e. The van der Waals surface area contributed by atoms with E-state index in [1.807, 2.05) is 32.2 Å². The Labute approximate surface area is 138 Å². The highest BCUT2D eigenvalue weighted by Gasteiger charge is 2.14. The zero-order chi connectivity index (χ0) is 16.4. The third-order valence-corrected chi connectivity index (χ3v) is 4.54. The van der Waals surface area contributed by atoms with Crippen LogP contribution in [0.1, 0.15) is 32.9 Å². The number of anilines is 1. The Morgan fingerprint density at radius 3 is 2.96 bits per heavy atom. The maximum atomic E-state index is 12.0. The second-order valence-electron chi connectivity index (χ2n) is 5.12. The van der Waals surface area contributed by atoms with Crippen LogP contribution in [0, 0.1) is 13.8 Å². The van der Waals surface area contributed by atoms with E-state index in [2.05, 4.69) is 15.4 Å². The van der Waals surface area contributed by atoms with Crippen LogP contribution < -0.4 is 5.32 Å². The fraction of sp³-hybridized carbons (Fsp3) is 0.312. The van der Waals surface area contributed by atoms with Crippen molar-refractivity contribution in [2.75, 3.05) is 11.9 Å². The molecular formula is C16H18N4O2S. The van der Waals surface area contributed by atoms with Gasteiger partial charge in [-0.2, -0.15) is 5.10 Å². The lowest BCUT2D eigenvalue weighted by molar-refractivity contribution is 0.0528. The number of aryl methyl sites for hydroxylation is 2. The molecule has 7 heteroatoms. The Balaban J connectivity index is 1.83. The van der Waals surface area contributed by atoms with Crippen molar-refractivity contribution in [1.82, 2.24) is 14.6 Å². The number of hydrogen-bond acceptors (Lipinski definition) is 6. The van der Waals surface area contributed by atoms with Gasteiger partial charge >= 0.3 is 5.97 Å². The quantitative estimate of drug-likeness (QED) is 0.728. The number of ether oxygens (including phenoxy) is 1. The second-order valence-corrected chi connectivity index (χ2v) is 6.41. The molecule has 0 amide bonds. The monoisotopic (exact) mass is 330 g/mol. The summed E-state index contributed by atoms with van der Waals surface area (Å²) in [4.78, 5) is 17.6. The van der Waals surface area contributed by atoms with Crippen LogP contribution in [0.15, 0.2) is 24.5 Å². The number of thiazole rings is 1. The van der Waals surface area contributed by atoms with Crippen molar-refractivity contribution in [1.29, 1.82) is 0 Å². The fourth-order valence-corrected chi connectivity index (χ4v) is 3.25. The fourth-order valence-electron chi connectivity index (χ4n) is 2.38. The number of aromatic nitrogens is 3. The van der Waals surface area contributed by atoms with Crippen LogP contribution >= 0.6 is 11.3 Å². The van der Waals surface area contributed by atoms with Gasteiger partial charge in [-0.1, -0.05) is 0 Å². The highest BCUT2D eigenvalue weighted by atomic mass is 32.1. The van der Waals surface area contributed by atoms with E-state index >= 15 is 0 Å². The van der Waals surface area contributed by atoms with Crippen molar-refractivity contribution < 1.29 is 9.53 Å². The zero-order valence-corrected chi connectivity index (χ0v) is 14.1. The number of fused-ring (bicyclic) bond motifs is 1. The van der Waals surface area contributed by atoms with E-state index in [0.717, 1.165) is 21.9 Å². The summed E-state index contributed by atoms with van der Waals surface area (Å²) in [7, 11) is 0. The molecule has 23 heavy (non-hydrogen) atoms. The van der Waals surface area contributed by atoms with E-state index in [9.17, 15) is 4.79 Å². The molecule has 1 N–H and O–H groups in total. The average Bonchev–Trinajstić information content (AvgIpc) is 3.08. The minimum absolute atomic E-state index is 0.345. The van der Waals surface area contributed by atoms with Gasteiger partial charge in [0.15, 0.2) is 0 Å².